The molecule has 9 heteroatoms. The molecule has 1 atom stereocenters. The van der Waals surface area contributed by atoms with E-state index in [0.717, 1.165) is 28.5 Å². The van der Waals surface area contributed by atoms with Crippen molar-refractivity contribution < 1.29 is 31.7 Å². The summed E-state index contributed by atoms with van der Waals surface area (Å²) in [5, 5.41) is 0. The van der Waals surface area contributed by atoms with Crippen molar-refractivity contribution in [1.29, 1.82) is 0 Å². The Balaban J connectivity index is 1.60. The molecule has 1 aliphatic carbocycles. The second kappa shape index (κ2) is 10.4. The number of carbonyl (C=O) groups excluding carboxylic acids is 2. The van der Waals surface area contributed by atoms with Crippen LogP contribution < -0.4 is 9.92 Å². The summed E-state index contributed by atoms with van der Waals surface area (Å²) >= 11 is 0. The first-order chi connectivity index (χ1) is 17.5. The van der Waals surface area contributed by atoms with Gasteiger partial charge in [0.05, 0.1) is 18.8 Å². The Labute approximate surface area is 216 Å². The molecule has 3 aromatic carbocycles. The number of benzene rings is 3. The Kier molecular flexibility index (Phi) is 7.38. The third-order valence-corrected chi connectivity index (χ3v) is 6.61. The van der Waals surface area contributed by atoms with E-state index in [1.54, 1.807) is 13.8 Å². The number of carbonyl (C=O) groups is 2. The van der Waals surface area contributed by atoms with Gasteiger partial charge in [-0.15, -0.1) is 0 Å². The number of rotatable bonds is 9. The number of nitrogens with two attached hydrogens (primary N) is 1. The highest BCUT2D eigenvalue weighted by Crippen LogP contribution is 2.44. The lowest BCUT2D eigenvalue weighted by molar-refractivity contribution is -0.159. The van der Waals surface area contributed by atoms with Crippen LogP contribution in [-0.2, 0) is 34.7 Å². The quantitative estimate of drug-likeness (QED) is 0.331. The van der Waals surface area contributed by atoms with Gasteiger partial charge in [0.25, 0.3) is 0 Å². The summed E-state index contributed by atoms with van der Waals surface area (Å²) < 4.78 is 38.8. The molecule has 0 spiro atoms. The van der Waals surface area contributed by atoms with Crippen LogP contribution in [0, 0.1) is 0 Å². The highest BCUT2D eigenvalue weighted by molar-refractivity contribution is 7.86. The van der Waals surface area contributed by atoms with Crippen molar-refractivity contribution in [2.45, 2.75) is 37.8 Å². The van der Waals surface area contributed by atoms with Crippen LogP contribution in [-0.4, -0.2) is 39.3 Å². The van der Waals surface area contributed by atoms with E-state index in [4.69, 9.17) is 19.4 Å². The summed E-state index contributed by atoms with van der Waals surface area (Å²) in [4.78, 5) is 26.1. The van der Waals surface area contributed by atoms with Crippen molar-refractivity contribution in [1.82, 2.24) is 0 Å². The van der Waals surface area contributed by atoms with Gasteiger partial charge in [0.2, 0.25) is 0 Å². The van der Waals surface area contributed by atoms with E-state index in [-0.39, 0.29) is 23.8 Å². The van der Waals surface area contributed by atoms with Crippen LogP contribution in [0.1, 0.15) is 42.9 Å². The number of esters is 2. The largest absolute Gasteiger partial charge is 0.463 e. The minimum absolute atomic E-state index is 0.0281. The highest BCUT2D eigenvalue weighted by atomic mass is 32.2. The average Bonchev–Trinajstić information content (AvgIpc) is 3.15. The fourth-order valence-electron chi connectivity index (χ4n) is 4.53. The first-order valence-electron chi connectivity index (χ1n) is 11.8. The topological polar surface area (TPSA) is 122 Å². The molecule has 1 aliphatic rings. The smallest absolute Gasteiger partial charge is 0.331 e. The molecule has 0 heterocycles. The average molecular weight is 524 g/mol. The molecule has 8 nitrogen and oxygen atoms in total. The maximum atomic E-state index is 13.5. The van der Waals surface area contributed by atoms with Crippen LogP contribution in [0.2, 0.25) is 0 Å². The van der Waals surface area contributed by atoms with Crippen LogP contribution in [0.4, 0.5) is 0 Å². The molecule has 4 rings (SSSR count). The molecule has 0 bridgehead atoms. The number of hydrogen-bond acceptors (Lipinski definition) is 8. The molecular formula is C28H29NO7S. The van der Waals surface area contributed by atoms with Crippen LogP contribution >= 0.6 is 0 Å². The van der Waals surface area contributed by atoms with E-state index in [2.05, 4.69) is 0 Å². The molecule has 0 saturated heterocycles. The normalized spacial score (nSPS) is 14.4. The van der Waals surface area contributed by atoms with Gasteiger partial charge in [-0.3, -0.25) is 4.79 Å². The standard InChI is InChI=1S/C28H29NO7S/c1-18(2)35-26(30)16-28(29,19-12-14-20(15-13-19)36-37(3,32)33)27(31)34-17-25-23-10-6-4-8-21(23)22-9-5-7-11-24(22)25/h4-15,18,25H,16-17,29H2,1-3H3. The summed E-state index contributed by atoms with van der Waals surface area (Å²) in [6.07, 6.45) is 0.0609. The van der Waals surface area contributed by atoms with E-state index in [1.165, 1.54) is 24.3 Å². The molecule has 0 aliphatic heterocycles. The molecule has 0 amide bonds. The van der Waals surface area contributed by atoms with E-state index >= 15 is 0 Å². The highest BCUT2D eigenvalue weighted by Gasteiger charge is 2.42. The molecule has 37 heavy (non-hydrogen) atoms. The van der Waals surface area contributed by atoms with Crippen LogP contribution in [0.15, 0.2) is 72.8 Å². The molecule has 194 valence electrons. The van der Waals surface area contributed by atoms with Crippen LogP contribution in [0.5, 0.6) is 5.75 Å². The Bertz CT molecular complexity index is 1370. The van der Waals surface area contributed by atoms with Crippen molar-refractivity contribution in [3.8, 4) is 16.9 Å². The van der Waals surface area contributed by atoms with Gasteiger partial charge in [0.1, 0.15) is 12.4 Å². The number of hydrogen-bond donors (Lipinski definition) is 1. The zero-order valence-corrected chi connectivity index (χ0v) is 21.7. The third-order valence-electron chi connectivity index (χ3n) is 6.12. The lowest BCUT2D eigenvalue weighted by atomic mass is 9.87. The second-order valence-corrected chi connectivity index (χ2v) is 10.9. The zero-order chi connectivity index (χ0) is 26.8. The monoisotopic (exact) mass is 523 g/mol. The van der Waals surface area contributed by atoms with Crippen molar-refractivity contribution in [3.05, 3.63) is 89.5 Å². The predicted octanol–water partition coefficient (Wildman–Crippen LogP) is 3.88. The van der Waals surface area contributed by atoms with E-state index in [0.29, 0.717) is 0 Å². The fraction of sp³-hybridized carbons (Fsp3) is 0.286. The first kappa shape index (κ1) is 26.4. The molecule has 0 aromatic heterocycles. The van der Waals surface area contributed by atoms with Crippen molar-refractivity contribution in [2.75, 3.05) is 12.9 Å². The van der Waals surface area contributed by atoms with Gasteiger partial charge >= 0.3 is 22.1 Å². The summed E-state index contributed by atoms with van der Waals surface area (Å²) in [7, 11) is -3.74. The molecule has 0 fully saturated rings. The Morgan fingerprint density at radius 2 is 1.46 bits per heavy atom. The zero-order valence-electron chi connectivity index (χ0n) is 20.8. The Morgan fingerprint density at radius 1 is 0.919 bits per heavy atom. The molecule has 1 unspecified atom stereocenters. The molecule has 0 saturated carbocycles. The van der Waals surface area contributed by atoms with Gasteiger partial charge in [-0.1, -0.05) is 60.7 Å². The summed E-state index contributed by atoms with van der Waals surface area (Å²) in [6.45, 7) is 3.42. The van der Waals surface area contributed by atoms with E-state index in [1.807, 2.05) is 48.5 Å². The van der Waals surface area contributed by atoms with Gasteiger partial charge in [0, 0.05) is 5.92 Å². The van der Waals surface area contributed by atoms with Gasteiger partial charge in [0.15, 0.2) is 5.54 Å². The molecular weight excluding hydrogens is 494 g/mol. The number of ether oxygens (including phenoxy) is 2. The van der Waals surface area contributed by atoms with E-state index < -0.39 is 40.1 Å². The maximum Gasteiger partial charge on any atom is 0.331 e. The Morgan fingerprint density at radius 3 is 1.97 bits per heavy atom. The van der Waals surface area contributed by atoms with Crippen LogP contribution in [0.3, 0.4) is 0 Å². The molecule has 2 N–H and O–H groups in total. The minimum Gasteiger partial charge on any atom is -0.463 e. The van der Waals surface area contributed by atoms with Gasteiger partial charge in [-0.25, -0.2) is 4.79 Å². The lowest BCUT2D eigenvalue weighted by Gasteiger charge is -2.28. The molecule has 3 aromatic rings. The third kappa shape index (κ3) is 5.84. The van der Waals surface area contributed by atoms with Gasteiger partial charge in [-0.2, -0.15) is 8.42 Å². The van der Waals surface area contributed by atoms with Crippen molar-refractivity contribution in [3.63, 3.8) is 0 Å². The fourth-order valence-corrected chi connectivity index (χ4v) is 4.99. The second-order valence-electron chi connectivity index (χ2n) is 9.32. The van der Waals surface area contributed by atoms with Crippen molar-refractivity contribution >= 4 is 22.1 Å². The summed E-state index contributed by atoms with van der Waals surface area (Å²) in [5.74, 6) is -1.60. The van der Waals surface area contributed by atoms with E-state index in [9.17, 15) is 18.0 Å². The van der Waals surface area contributed by atoms with Crippen LogP contribution in [0.25, 0.3) is 11.1 Å². The number of fused-ring (bicyclic) bond motifs is 3. The Hall–Kier alpha value is -3.69. The lowest BCUT2D eigenvalue weighted by Crippen LogP contribution is -2.48. The maximum absolute atomic E-state index is 13.5. The summed E-state index contributed by atoms with van der Waals surface area (Å²) in [6, 6.07) is 21.5. The predicted molar refractivity (Wildman–Crippen MR) is 138 cm³/mol. The van der Waals surface area contributed by atoms with Gasteiger partial charge < -0.3 is 19.4 Å². The summed E-state index contributed by atoms with van der Waals surface area (Å²) in [5.41, 5.74) is 9.20. The minimum atomic E-state index is -3.74. The SMILES string of the molecule is CC(C)OC(=O)CC(N)(C(=O)OCC1c2ccccc2-c2ccccc21)c1ccc(OS(C)(=O)=O)cc1. The first-order valence-corrected chi connectivity index (χ1v) is 13.6. The molecule has 0 radical (unpaired) electrons. The van der Waals surface area contributed by atoms with Gasteiger partial charge in [-0.05, 0) is 53.8 Å². The van der Waals surface area contributed by atoms with Crippen molar-refractivity contribution in [2.24, 2.45) is 5.73 Å².